The van der Waals surface area contributed by atoms with Gasteiger partial charge in [-0.3, -0.25) is 4.79 Å². The van der Waals surface area contributed by atoms with Gasteiger partial charge >= 0.3 is 0 Å². The van der Waals surface area contributed by atoms with E-state index in [2.05, 4.69) is 17.1 Å². The molecule has 1 N–H and O–H groups in total. The van der Waals surface area contributed by atoms with Gasteiger partial charge in [0.2, 0.25) is 0 Å². The Balaban J connectivity index is 1.87. The highest BCUT2D eigenvalue weighted by Gasteiger charge is 2.21. The Labute approximate surface area is 140 Å². The van der Waals surface area contributed by atoms with Crippen molar-refractivity contribution in [3.05, 3.63) is 49.0 Å². The van der Waals surface area contributed by atoms with Crippen molar-refractivity contribution >= 4 is 55.6 Å². The number of nitrogens with zero attached hydrogens (tertiary/aromatic N) is 1. The average Bonchev–Trinajstić information content (AvgIpc) is 3.20. The number of rotatable bonds is 3. The molecule has 0 unspecified atom stereocenters. The van der Waals surface area contributed by atoms with E-state index in [1.807, 2.05) is 17.7 Å². The molecule has 1 aliphatic carbocycles. The van der Waals surface area contributed by atoms with Crippen LogP contribution in [0, 0.1) is 0 Å². The molecular weight excluding hydrogens is 332 g/mol. The predicted molar refractivity (Wildman–Crippen MR) is 98.0 cm³/mol. The molecule has 0 amide bonds. The molecule has 22 heavy (non-hydrogen) atoms. The summed E-state index contributed by atoms with van der Waals surface area (Å²) in [5, 5.41) is 2.87. The summed E-state index contributed by atoms with van der Waals surface area (Å²) >= 11 is 4.98. The maximum Gasteiger partial charge on any atom is 0.260 e. The lowest BCUT2D eigenvalue weighted by Gasteiger charge is -2.03. The minimum absolute atomic E-state index is 0.00512. The second-order valence-electron chi connectivity index (χ2n) is 5.18. The lowest BCUT2D eigenvalue weighted by Crippen LogP contribution is -2.10. The first kappa shape index (κ1) is 14.2. The Bertz CT molecular complexity index is 919. The van der Waals surface area contributed by atoms with Crippen LogP contribution in [0.15, 0.2) is 22.3 Å². The van der Waals surface area contributed by atoms with E-state index >= 15 is 0 Å². The van der Waals surface area contributed by atoms with Crippen molar-refractivity contribution < 1.29 is 0 Å². The van der Waals surface area contributed by atoms with Crippen LogP contribution in [0.25, 0.3) is 21.2 Å². The summed E-state index contributed by atoms with van der Waals surface area (Å²) in [5.41, 5.74) is 1.23. The summed E-state index contributed by atoms with van der Waals surface area (Å²) in [7, 11) is 0. The van der Waals surface area contributed by atoms with E-state index in [4.69, 9.17) is 4.98 Å². The minimum atomic E-state index is 0.00512. The van der Waals surface area contributed by atoms with Gasteiger partial charge in [0.1, 0.15) is 10.7 Å². The molecule has 112 valence electrons. The predicted octanol–water partition coefficient (Wildman–Crippen LogP) is 4.40. The van der Waals surface area contributed by atoms with Crippen molar-refractivity contribution in [2.24, 2.45) is 0 Å². The Morgan fingerprint density at radius 3 is 3.14 bits per heavy atom. The van der Waals surface area contributed by atoms with Crippen LogP contribution in [0.2, 0.25) is 0 Å². The van der Waals surface area contributed by atoms with Gasteiger partial charge in [-0.05, 0) is 48.6 Å². The first-order chi connectivity index (χ1) is 10.8. The lowest BCUT2D eigenvalue weighted by molar-refractivity contribution is 0.916. The fourth-order valence-corrected chi connectivity index (χ4v) is 5.37. The third-order valence-corrected chi connectivity index (χ3v) is 6.60. The van der Waals surface area contributed by atoms with Crippen LogP contribution in [0.3, 0.4) is 0 Å². The van der Waals surface area contributed by atoms with Crippen LogP contribution in [0.5, 0.6) is 0 Å². The van der Waals surface area contributed by atoms with Crippen molar-refractivity contribution in [3.63, 3.8) is 0 Å². The number of fused-ring (bicyclic) bond motifs is 3. The number of aryl methyl sites for hydroxylation is 2. The van der Waals surface area contributed by atoms with E-state index in [-0.39, 0.29) is 5.56 Å². The maximum absolute atomic E-state index is 12.5. The summed E-state index contributed by atoms with van der Waals surface area (Å²) in [6.45, 7) is 0. The number of aromatic nitrogens is 2. The van der Waals surface area contributed by atoms with Gasteiger partial charge in [-0.2, -0.15) is 0 Å². The molecule has 3 aromatic heterocycles. The second kappa shape index (κ2) is 5.68. The van der Waals surface area contributed by atoms with Crippen LogP contribution < -0.4 is 5.56 Å². The molecule has 3 nitrogen and oxygen atoms in total. The quantitative estimate of drug-likeness (QED) is 0.765. The highest BCUT2D eigenvalue weighted by Crippen LogP contribution is 2.35. The summed E-state index contributed by atoms with van der Waals surface area (Å²) in [6.07, 6.45) is 7.36. The van der Waals surface area contributed by atoms with Gasteiger partial charge in [-0.1, -0.05) is 6.07 Å². The number of hydrogen-bond donors (Lipinski definition) is 1. The van der Waals surface area contributed by atoms with Gasteiger partial charge in [0.25, 0.3) is 5.56 Å². The fraction of sp³-hybridized carbons (Fsp3) is 0.250. The molecule has 0 aliphatic heterocycles. The summed E-state index contributed by atoms with van der Waals surface area (Å²) in [4.78, 5) is 24.6. The Morgan fingerprint density at radius 1 is 1.45 bits per heavy atom. The standard InChI is InChI=1S/C16H14N2OS3/c1-20-12(8-9-4-3-7-21-9)14-17-15(19)13-10-5-2-6-11(10)22-16(13)18-14/h3-4,7-8H,2,5-6H2,1H3,(H,17,18,19)/b12-8-. The smallest absolute Gasteiger partial charge is 0.260 e. The van der Waals surface area contributed by atoms with E-state index in [1.54, 1.807) is 34.4 Å². The zero-order valence-corrected chi connectivity index (χ0v) is 14.5. The first-order valence-corrected chi connectivity index (χ1v) is 10.0. The van der Waals surface area contributed by atoms with Crippen molar-refractivity contribution in [3.8, 4) is 0 Å². The Kier molecular flexibility index (Phi) is 3.68. The Morgan fingerprint density at radius 2 is 2.36 bits per heavy atom. The molecule has 0 radical (unpaired) electrons. The van der Waals surface area contributed by atoms with Crippen molar-refractivity contribution in [2.75, 3.05) is 6.26 Å². The highest BCUT2D eigenvalue weighted by molar-refractivity contribution is 8.07. The summed E-state index contributed by atoms with van der Waals surface area (Å²) in [5.74, 6) is 0.679. The van der Waals surface area contributed by atoms with Crippen molar-refractivity contribution in [2.45, 2.75) is 19.3 Å². The molecule has 1 aliphatic rings. The molecule has 3 aromatic rings. The largest absolute Gasteiger partial charge is 0.305 e. The second-order valence-corrected chi connectivity index (χ2v) is 8.09. The maximum atomic E-state index is 12.5. The molecule has 4 rings (SSSR count). The van der Waals surface area contributed by atoms with Gasteiger partial charge in [0.15, 0.2) is 0 Å². The molecule has 6 heteroatoms. The number of nitrogens with one attached hydrogen (secondary N) is 1. The van der Waals surface area contributed by atoms with Crippen LogP contribution in [-0.2, 0) is 12.8 Å². The van der Waals surface area contributed by atoms with Crippen LogP contribution >= 0.6 is 34.4 Å². The molecule has 0 bridgehead atoms. The molecule has 3 heterocycles. The zero-order chi connectivity index (χ0) is 15.1. The SMILES string of the molecule is CS/C(=C\c1cccs1)c1nc2sc3c(c2c(=O)[nH]1)CCC3. The van der Waals surface area contributed by atoms with Crippen LogP contribution in [0.4, 0.5) is 0 Å². The fourth-order valence-electron chi connectivity index (χ4n) is 2.85. The van der Waals surface area contributed by atoms with Gasteiger partial charge < -0.3 is 4.98 Å². The highest BCUT2D eigenvalue weighted by atomic mass is 32.2. The van der Waals surface area contributed by atoms with Gasteiger partial charge in [-0.15, -0.1) is 34.4 Å². The molecule has 0 saturated heterocycles. The molecular formula is C16H14N2OS3. The van der Waals surface area contributed by atoms with Crippen LogP contribution in [-0.4, -0.2) is 16.2 Å². The van der Waals surface area contributed by atoms with Gasteiger partial charge in [0.05, 0.1) is 10.3 Å². The Hall–Kier alpha value is -1.37. The monoisotopic (exact) mass is 346 g/mol. The molecule has 0 fully saturated rings. The van der Waals surface area contributed by atoms with E-state index in [0.717, 1.165) is 34.4 Å². The van der Waals surface area contributed by atoms with Gasteiger partial charge in [0, 0.05) is 9.75 Å². The molecule has 0 spiro atoms. The molecule has 0 aromatic carbocycles. The van der Waals surface area contributed by atoms with Crippen molar-refractivity contribution in [1.82, 2.24) is 9.97 Å². The van der Waals surface area contributed by atoms with E-state index in [9.17, 15) is 4.79 Å². The third kappa shape index (κ3) is 2.35. The topological polar surface area (TPSA) is 45.8 Å². The average molecular weight is 347 g/mol. The molecule has 0 saturated carbocycles. The number of aromatic amines is 1. The van der Waals surface area contributed by atoms with Crippen LogP contribution in [0.1, 0.15) is 27.6 Å². The number of hydrogen-bond acceptors (Lipinski definition) is 5. The summed E-state index contributed by atoms with van der Waals surface area (Å²) < 4.78 is 0. The number of thiophene rings is 2. The molecule has 0 atom stereocenters. The van der Waals surface area contributed by atoms with E-state index < -0.39 is 0 Å². The first-order valence-electron chi connectivity index (χ1n) is 7.10. The summed E-state index contributed by atoms with van der Waals surface area (Å²) in [6, 6.07) is 4.09. The van der Waals surface area contributed by atoms with E-state index in [1.165, 1.54) is 15.3 Å². The zero-order valence-electron chi connectivity index (χ0n) is 12.0. The third-order valence-electron chi connectivity index (χ3n) is 3.84. The number of H-pyrrole nitrogens is 1. The minimum Gasteiger partial charge on any atom is -0.305 e. The normalized spacial score (nSPS) is 14.7. The van der Waals surface area contributed by atoms with E-state index in [0.29, 0.717) is 5.82 Å². The van der Waals surface area contributed by atoms with Gasteiger partial charge in [-0.25, -0.2) is 4.98 Å². The lowest BCUT2D eigenvalue weighted by atomic mass is 10.2. The van der Waals surface area contributed by atoms with Crippen molar-refractivity contribution in [1.29, 1.82) is 0 Å². The number of thioether (sulfide) groups is 1.